The molecule has 0 bridgehead atoms. The lowest BCUT2D eigenvalue weighted by atomic mass is 10.1. The molecule has 2 saturated heterocycles. The van der Waals surface area contributed by atoms with Crippen molar-refractivity contribution in [1.29, 1.82) is 0 Å². The van der Waals surface area contributed by atoms with Crippen molar-refractivity contribution in [2.45, 2.75) is 19.9 Å². The van der Waals surface area contributed by atoms with Crippen LogP contribution in [-0.2, 0) is 9.53 Å². The Labute approximate surface area is 165 Å². The molecule has 7 nitrogen and oxygen atoms in total. The second kappa shape index (κ2) is 8.91. The number of urea groups is 1. The molecule has 0 saturated carbocycles. The number of aryl methyl sites for hydroxylation is 1. The van der Waals surface area contributed by atoms with Crippen LogP contribution in [0.25, 0.3) is 0 Å². The predicted octanol–water partition coefficient (Wildman–Crippen LogP) is 2.05. The fourth-order valence-electron chi connectivity index (χ4n) is 3.39. The van der Waals surface area contributed by atoms with E-state index in [1.54, 1.807) is 12.1 Å². The molecular formula is C19H27ClN4O3. The van der Waals surface area contributed by atoms with Gasteiger partial charge in [0, 0.05) is 50.0 Å². The number of anilines is 1. The molecule has 0 radical (unpaired) electrons. The Morgan fingerprint density at radius 3 is 2.37 bits per heavy atom. The zero-order chi connectivity index (χ0) is 19.4. The molecule has 3 rings (SSSR count). The average molecular weight is 395 g/mol. The number of nitrogens with zero attached hydrogens (tertiary/aromatic N) is 3. The highest BCUT2D eigenvalue weighted by molar-refractivity contribution is 6.31. The van der Waals surface area contributed by atoms with E-state index in [4.69, 9.17) is 16.3 Å². The van der Waals surface area contributed by atoms with Crippen molar-refractivity contribution in [2.24, 2.45) is 0 Å². The number of benzene rings is 1. The molecule has 27 heavy (non-hydrogen) atoms. The van der Waals surface area contributed by atoms with Crippen molar-refractivity contribution in [3.05, 3.63) is 28.8 Å². The van der Waals surface area contributed by atoms with Gasteiger partial charge in [-0.05, 0) is 31.5 Å². The van der Waals surface area contributed by atoms with E-state index in [1.165, 1.54) is 0 Å². The quantitative estimate of drug-likeness (QED) is 0.852. The normalized spacial score (nSPS) is 19.7. The minimum Gasteiger partial charge on any atom is -0.378 e. The summed E-state index contributed by atoms with van der Waals surface area (Å²) in [5.41, 5.74) is 1.71. The summed E-state index contributed by atoms with van der Waals surface area (Å²) < 4.78 is 5.30. The maximum atomic E-state index is 12.6. The summed E-state index contributed by atoms with van der Waals surface area (Å²) in [6.45, 7) is 8.96. The zero-order valence-electron chi connectivity index (χ0n) is 15.9. The number of morpholine rings is 1. The van der Waals surface area contributed by atoms with Gasteiger partial charge in [0.05, 0.1) is 19.3 Å². The van der Waals surface area contributed by atoms with Gasteiger partial charge < -0.3 is 19.9 Å². The summed E-state index contributed by atoms with van der Waals surface area (Å²) in [4.78, 5) is 31.0. The molecule has 0 aromatic heterocycles. The molecule has 1 aromatic carbocycles. The van der Waals surface area contributed by atoms with Crippen LogP contribution in [0.1, 0.15) is 12.5 Å². The molecule has 0 spiro atoms. The molecule has 3 amide bonds. The van der Waals surface area contributed by atoms with Gasteiger partial charge in [-0.25, -0.2) is 4.79 Å². The number of halogens is 1. The third-order valence-electron chi connectivity index (χ3n) is 5.25. The largest absolute Gasteiger partial charge is 0.378 e. The van der Waals surface area contributed by atoms with E-state index in [1.807, 2.05) is 29.7 Å². The second-order valence-corrected chi connectivity index (χ2v) is 7.47. The van der Waals surface area contributed by atoms with Gasteiger partial charge in [0.25, 0.3) is 0 Å². The minimum absolute atomic E-state index is 0.0617. The van der Waals surface area contributed by atoms with Crippen molar-refractivity contribution in [1.82, 2.24) is 14.7 Å². The van der Waals surface area contributed by atoms with E-state index in [-0.39, 0.29) is 18.0 Å². The van der Waals surface area contributed by atoms with E-state index in [0.717, 1.165) is 11.3 Å². The Bertz CT molecular complexity index is 686. The van der Waals surface area contributed by atoms with Crippen molar-refractivity contribution < 1.29 is 14.3 Å². The number of nitrogens with one attached hydrogen (secondary N) is 1. The first-order valence-corrected chi connectivity index (χ1v) is 9.76. The standard InChI is InChI=1S/C19H27ClN4O3/c1-14-3-4-16(20)13-17(14)21-18(25)15(2)22-5-7-23(8-6-22)19(26)24-9-11-27-12-10-24/h3-4,13,15H,5-12H2,1-2H3,(H,21,25). The van der Waals surface area contributed by atoms with Gasteiger partial charge in [-0.1, -0.05) is 17.7 Å². The Hall–Kier alpha value is -1.83. The maximum absolute atomic E-state index is 12.6. The first-order valence-electron chi connectivity index (χ1n) is 9.38. The SMILES string of the molecule is Cc1ccc(Cl)cc1NC(=O)C(C)N1CCN(C(=O)N2CCOCC2)CC1. The Kier molecular flexibility index (Phi) is 6.57. The van der Waals surface area contributed by atoms with Crippen LogP contribution < -0.4 is 5.32 Å². The van der Waals surface area contributed by atoms with Gasteiger partial charge in [0.15, 0.2) is 0 Å². The summed E-state index contributed by atoms with van der Waals surface area (Å²) in [6, 6.07) is 5.26. The third kappa shape index (κ3) is 4.91. The highest BCUT2D eigenvalue weighted by Gasteiger charge is 2.30. The van der Waals surface area contributed by atoms with Crippen LogP contribution in [0, 0.1) is 6.92 Å². The maximum Gasteiger partial charge on any atom is 0.320 e. The number of piperazine rings is 1. The van der Waals surface area contributed by atoms with E-state index in [9.17, 15) is 9.59 Å². The summed E-state index contributed by atoms with van der Waals surface area (Å²) in [7, 11) is 0. The molecule has 8 heteroatoms. The fourth-order valence-corrected chi connectivity index (χ4v) is 3.56. The molecule has 1 atom stereocenters. The van der Waals surface area contributed by atoms with E-state index in [2.05, 4.69) is 10.2 Å². The first kappa shape index (κ1) is 19.9. The second-order valence-electron chi connectivity index (χ2n) is 7.03. The van der Waals surface area contributed by atoms with Gasteiger partial charge in [-0.2, -0.15) is 0 Å². The van der Waals surface area contributed by atoms with Gasteiger partial charge in [-0.3, -0.25) is 9.69 Å². The van der Waals surface area contributed by atoms with Gasteiger partial charge >= 0.3 is 6.03 Å². The number of amides is 3. The highest BCUT2D eigenvalue weighted by atomic mass is 35.5. The Morgan fingerprint density at radius 1 is 1.07 bits per heavy atom. The highest BCUT2D eigenvalue weighted by Crippen LogP contribution is 2.21. The minimum atomic E-state index is -0.274. The van der Waals surface area contributed by atoms with Crippen LogP contribution in [0.5, 0.6) is 0 Å². The zero-order valence-corrected chi connectivity index (χ0v) is 16.7. The summed E-state index contributed by atoms with van der Waals surface area (Å²) in [6.07, 6.45) is 0. The molecular weight excluding hydrogens is 368 g/mol. The van der Waals surface area contributed by atoms with Crippen molar-refractivity contribution in [3.63, 3.8) is 0 Å². The molecule has 2 heterocycles. The predicted molar refractivity (Wildman–Crippen MR) is 105 cm³/mol. The lowest BCUT2D eigenvalue weighted by Gasteiger charge is -2.40. The van der Waals surface area contributed by atoms with Crippen LogP contribution in [0.15, 0.2) is 18.2 Å². The summed E-state index contributed by atoms with van der Waals surface area (Å²) >= 11 is 6.03. The lowest BCUT2D eigenvalue weighted by Crippen LogP contribution is -2.57. The van der Waals surface area contributed by atoms with Crippen LogP contribution in [0.3, 0.4) is 0 Å². The first-order chi connectivity index (χ1) is 13.0. The Morgan fingerprint density at radius 2 is 1.70 bits per heavy atom. The summed E-state index contributed by atoms with van der Waals surface area (Å²) in [5, 5.41) is 3.56. The molecule has 2 aliphatic rings. The topological polar surface area (TPSA) is 65.1 Å². The van der Waals surface area contributed by atoms with Crippen LogP contribution in [0.4, 0.5) is 10.5 Å². The van der Waals surface area contributed by atoms with Gasteiger partial charge in [0.1, 0.15) is 0 Å². The molecule has 0 aliphatic carbocycles. The van der Waals surface area contributed by atoms with Crippen molar-refractivity contribution in [3.8, 4) is 0 Å². The van der Waals surface area contributed by atoms with E-state index in [0.29, 0.717) is 57.5 Å². The monoisotopic (exact) mass is 394 g/mol. The number of rotatable bonds is 3. The van der Waals surface area contributed by atoms with E-state index >= 15 is 0 Å². The molecule has 148 valence electrons. The number of carbonyl (C=O) groups is 2. The van der Waals surface area contributed by atoms with Crippen LogP contribution in [0.2, 0.25) is 5.02 Å². The Balaban J connectivity index is 1.51. The van der Waals surface area contributed by atoms with Crippen molar-refractivity contribution in [2.75, 3.05) is 57.8 Å². The fraction of sp³-hybridized carbons (Fsp3) is 0.579. The third-order valence-corrected chi connectivity index (χ3v) is 5.49. The molecule has 2 fully saturated rings. The van der Waals surface area contributed by atoms with Gasteiger partial charge in [-0.15, -0.1) is 0 Å². The van der Waals surface area contributed by atoms with Gasteiger partial charge in [0.2, 0.25) is 5.91 Å². The number of carbonyl (C=O) groups excluding carboxylic acids is 2. The van der Waals surface area contributed by atoms with Crippen LogP contribution >= 0.6 is 11.6 Å². The lowest BCUT2D eigenvalue weighted by molar-refractivity contribution is -0.121. The average Bonchev–Trinajstić information content (AvgIpc) is 2.70. The number of ether oxygens (including phenoxy) is 1. The van der Waals surface area contributed by atoms with Crippen molar-refractivity contribution >= 4 is 29.2 Å². The number of hydrogen-bond donors (Lipinski definition) is 1. The molecule has 2 aliphatic heterocycles. The molecule has 1 unspecified atom stereocenters. The van der Waals surface area contributed by atoms with Crippen LogP contribution in [-0.4, -0.2) is 85.2 Å². The summed E-state index contributed by atoms with van der Waals surface area (Å²) in [5.74, 6) is -0.0617. The number of hydrogen-bond acceptors (Lipinski definition) is 4. The molecule has 1 N–H and O–H groups in total. The smallest absolute Gasteiger partial charge is 0.320 e. The van der Waals surface area contributed by atoms with E-state index < -0.39 is 0 Å². The molecule has 1 aromatic rings.